The number of rotatable bonds is 7. The highest BCUT2D eigenvalue weighted by Crippen LogP contribution is 2.59. The summed E-state index contributed by atoms with van der Waals surface area (Å²) in [5.41, 5.74) is 31.3. The Morgan fingerprint density at radius 1 is 0.353 bits per heavy atom. The summed E-state index contributed by atoms with van der Waals surface area (Å²) in [5, 5.41) is 7.14. The number of benzene rings is 12. The standard InChI is InChI=1S/C27H37N2.C19H24N3Si.3C19H27N2Si.C17H22N2OP/c1-21-14-15-25-24(18-21)26(2,3)29(4,23-12-6-5-7-13-23)20-28(25)27-16-8-10-22(19-27)11-9-17-27;1-15-12-16(20-2)13-18-19(15)21(3)14-22(4,23(18,5)6)17-10-8-7-9-11-17;3*1-15-12-16(2)19-18(13-15)22(5,6)21(4,14-20(19)3)17-10-8-7-9-11-17;1-14-10-11-16-17(12-14)21(4,20)19(3,13-18(16)2)15-8-6-5-7-9-15/h5-7,12-15,18,22H,8-11,16-17,19-20H2,1-4H3;7-13H,14H2,1,3-6H3;3*7-13H,14H2,1-6H3;5-12H,13H2,1-4H3/q6*+1. The molecule has 139 heavy (non-hydrogen) atoms. The number of quaternary nitrogens is 6. The van der Waals surface area contributed by atoms with Crippen LogP contribution < -0.4 is 80.8 Å². The lowest BCUT2D eigenvalue weighted by Gasteiger charge is -2.61. The summed E-state index contributed by atoms with van der Waals surface area (Å²) < 4.78 is 19.2. The fourth-order valence-corrected chi connectivity index (χ4v) is 42.2. The molecule has 7 atom stereocenters. The number of hydrogen-bond acceptors (Lipinski definition) is 7. The van der Waals surface area contributed by atoms with E-state index in [1.54, 1.807) is 15.6 Å². The molecule has 0 aromatic heterocycles. The summed E-state index contributed by atoms with van der Waals surface area (Å²) in [7, 11) is 15.5. The lowest BCUT2D eigenvalue weighted by molar-refractivity contribution is 0.0898. The highest BCUT2D eigenvalue weighted by molar-refractivity contribution is 7.71. The van der Waals surface area contributed by atoms with Crippen molar-refractivity contribution < 1.29 is 4.57 Å². The number of hydrogen-bond donors (Lipinski definition) is 0. The van der Waals surface area contributed by atoms with Gasteiger partial charge >= 0.3 is 32.9 Å². The fraction of sp³-hybridized carbons (Fsp3) is 0.392. The first kappa shape index (κ1) is 103. The second-order valence-electron chi connectivity index (χ2n) is 46.3. The third kappa shape index (κ3) is 18.0. The molecule has 12 aromatic rings. The van der Waals surface area contributed by atoms with Crippen LogP contribution in [0.25, 0.3) is 4.85 Å². The zero-order valence-electron chi connectivity index (χ0n) is 90.3. The second kappa shape index (κ2) is 38.6. The van der Waals surface area contributed by atoms with Gasteiger partial charge in [-0.2, -0.15) is 0 Å². The molecule has 0 spiro atoms. The van der Waals surface area contributed by atoms with Crippen LogP contribution in [-0.2, 0) is 10.1 Å². The van der Waals surface area contributed by atoms with Gasteiger partial charge < -0.3 is 46.0 Å². The van der Waals surface area contributed by atoms with Crippen molar-refractivity contribution in [2.75, 3.05) is 154 Å². The number of nitrogens with zero attached hydrogens (tertiary/aromatic N) is 13. The molecule has 7 unspecified atom stereocenters. The van der Waals surface area contributed by atoms with E-state index in [9.17, 15) is 4.57 Å². The van der Waals surface area contributed by atoms with E-state index < -0.39 is 40.2 Å². The van der Waals surface area contributed by atoms with Crippen molar-refractivity contribution in [2.24, 2.45) is 5.92 Å². The predicted octanol–water partition coefficient (Wildman–Crippen LogP) is 25.6. The van der Waals surface area contributed by atoms with Crippen molar-refractivity contribution in [1.29, 1.82) is 0 Å². The molecule has 0 saturated heterocycles. The van der Waals surface area contributed by atoms with Gasteiger partial charge in [0.2, 0.25) is 0 Å². The van der Waals surface area contributed by atoms with Gasteiger partial charge in [-0.05, 0) is 279 Å². The van der Waals surface area contributed by atoms with Crippen LogP contribution in [0.1, 0.15) is 114 Å². The molecule has 2 saturated carbocycles. The highest BCUT2D eigenvalue weighted by atomic mass is 31.2. The third-order valence-corrected chi connectivity index (χ3v) is 57.2. The van der Waals surface area contributed by atoms with Crippen LogP contribution in [0.3, 0.4) is 0 Å². The molecule has 0 radical (unpaired) electrons. The molecular formula is C120H164N13OPSi4+6. The quantitative estimate of drug-likeness (QED) is 0.0682. The van der Waals surface area contributed by atoms with Crippen molar-refractivity contribution in [3.05, 3.63) is 334 Å². The van der Waals surface area contributed by atoms with E-state index in [-0.39, 0.29) is 5.54 Å². The Bertz CT molecular complexity index is 6290. The maximum atomic E-state index is 13.8. The normalized spacial score (nSPS) is 26.0. The van der Waals surface area contributed by atoms with Crippen LogP contribution >= 0.6 is 7.29 Å². The molecule has 12 aromatic carbocycles. The van der Waals surface area contributed by atoms with E-state index in [1.165, 1.54) is 157 Å². The summed E-state index contributed by atoms with van der Waals surface area (Å²) >= 11 is 0. The Morgan fingerprint density at radius 3 is 1.01 bits per heavy atom. The van der Waals surface area contributed by atoms with E-state index in [0.29, 0.717) is 16.5 Å². The van der Waals surface area contributed by atoms with Gasteiger partial charge in [0.1, 0.15) is 66.3 Å². The van der Waals surface area contributed by atoms with Crippen LogP contribution in [0.2, 0.25) is 52.4 Å². The van der Waals surface area contributed by atoms with Gasteiger partial charge in [0.15, 0.2) is 19.0 Å². The smallest absolute Gasteiger partial charge is 0.320 e. The van der Waals surface area contributed by atoms with Crippen LogP contribution in [-0.4, -0.2) is 163 Å². The molecule has 2 bridgehead atoms. The van der Waals surface area contributed by atoms with E-state index in [0.717, 1.165) is 88.3 Å². The molecule has 6 heterocycles. The van der Waals surface area contributed by atoms with E-state index >= 15 is 0 Å². The Morgan fingerprint density at radius 2 is 0.662 bits per heavy atom. The van der Waals surface area contributed by atoms with Gasteiger partial charge in [-0.15, -0.1) is 0 Å². The predicted molar refractivity (Wildman–Crippen MR) is 619 cm³/mol. The monoisotopic (exact) mass is 1950 g/mol. The minimum Gasteiger partial charge on any atom is -0.332 e. The highest BCUT2D eigenvalue weighted by Gasteiger charge is 2.60. The van der Waals surface area contributed by atoms with Crippen LogP contribution in [0, 0.1) is 74.8 Å². The third-order valence-electron chi connectivity index (χ3n) is 35.6. The van der Waals surface area contributed by atoms with Crippen LogP contribution in [0.4, 0.5) is 73.9 Å². The molecule has 19 heteroatoms. The summed E-state index contributed by atoms with van der Waals surface area (Å²) in [6.07, 6.45) is 9.84. The number of fused-ring (bicyclic) bond motifs is 8. The van der Waals surface area contributed by atoms with Crippen LogP contribution in [0.5, 0.6) is 0 Å². The molecule has 2 aliphatic carbocycles. The molecule has 14 nitrogen and oxygen atoms in total. The first-order valence-corrected chi connectivity index (χ1v) is 64.7. The summed E-state index contributed by atoms with van der Waals surface area (Å²) in [6.45, 7) is 60.0. The van der Waals surface area contributed by atoms with Gasteiger partial charge in [0.25, 0.3) is 7.29 Å². The van der Waals surface area contributed by atoms with Gasteiger partial charge in [-0.3, -0.25) is 9.05 Å². The van der Waals surface area contributed by atoms with Gasteiger partial charge in [-0.25, -0.2) is 9.10 Å². The first-order chi connectivity index (χ1) is 65.3. The van der Waals surface area contributed by atoms with Crippen molar-refractivity contribution in [1.82, 2.24) is 25.3 Å². The van der Waals surface area contributed by atoms with E-state index in [1.807, 2.05) is 30.9 Å². The second-order valence-corrected chi connectivity index (χ2v) is 68.0. The maximum Gasteiger partial charge on any atom is 0.320 e. The Hall–Kier alpha value is -10.2. The SMILES string of the molecule is Cc1cc(C)c2c(c1)[Si](C)(C)[N+](C)(c1ccccc1)CN2C.Cc1cc(C)c2c(c1)[Si](C)(C)[N+](C)(c1ccccc1)CN2C.Cc1cc(C)c2c(c1)[Si](C)(C)[N+](C)(c1ccccc1)CN2C.Cc1ccc2c(c1)C(C)(C)[N+](C)(c1ccccc1)CN2C12CCCC(CCC1)C2.Cc1ccc2c(c1)P(C)(=O)[N+](C)(c1ccccc1)CN2C.[C-]#[N+]c1cc(C)c2c(c1)[Si](C)(C)[N+](C)(c1ccccc1)CN2C. The van der Waals surface area contributed by atoms with Crippen molar-refractivity contribution in [3.8, 4) is 0 Å². The largest absolute Gasteiger partial charge is 0.332 e. The molecule has 20 rings (SSSR count). The van der Waals surface area contributed by atoms with Gasteiger partial charge in [0, 0.05) is 96.5 Å². The molecule has 8 aliphatic rings. The molecule has 2 fully saturated rings. The van der Waals surface area contributed by atoms with E-state index in [4.69, 9.17) is 6.57 Å². The van der Waals surface area contributed by atoms with Crippen LogP contribution in [0.15, 0.2) is 267 Å². The molecular weight excluding hydrogens is 1780 g/mol. The average molecular weight is 1950 g/mol. The van der Waals surface area contributed by atoms with Gasteiger partial charge in [0.05, 0.1) is 65.5 Å². The molecule has 730 valence electrons. The van der Waals surface area contributed by atoms with Crippen molar-refractivity contribution in [2.45, 2.75) is 185 Å². The number of anilines is 6. The lowest BCUT2D eigenvalue weighted by Crippen LogP contribution is -2.76. The topological polar surface area (TPSA) is 40.9 Å². The Balaban J connectivity index is 0.000000127. The number of para-hydroxylation sites is 6. The summed E-state index contributed by atoms with van der Waals surface area (Å²) in [5.74, 6) is 0.941. The van der Waals surface area contributed by atoms with Crippen molar-refractivity contribution in [3.63, 3.8) is 0 Å². The Labute approximate surface area is 842 Å². The van der Waals surface area contributed by atoms with Gasteiger partial charge in [-0.1, -0.05) is 217 Å². The van der Waals surface area contributed by atoms with Crippen molar-refractivity contribution >= 4 is 140 Å². The Kier molecular flexibility index (Phi) is 28.6. The maximum absolute atomic E-state index is 13.8. The minimum absolute atomic E-state index is 0.0264. The zero-order valence-corrected chi connectivity index (χ0v) is 95.2. The fourth-order valence-electron chi connectivity index (χ4n) is 26.0. The number of aryl methyl sites for hydroxylation is 9. The molecule has 0 N–H and O–H groups in total. The minimum atomic E-state index is -2.59. The average Bonchev–Trinajstić information content (AvgIpc) is 0.682. The lowest BCUT2D eigenvalue weighted by atomic mass is 9.65. The molecule has 0 amide bonds. The summed E-state index contributed by atoms with van der Waals surface area (Å²) in [6, 6.07) is 97.2. The summed E-state index contributed by atoms with van der Waals surface area (Å²) in [4.78, 5) is 18.5. The zero-order chi connectivity index (χ0) is 101. The van der Waals surface area contributed by atoms with E-state index in [2.05, 4.69) is 483 Å². The first-order valence-electron chi connectivity index (χ1n) is 50.8. The molecule has 6 aliphatic heterocycles.